The van der Waals surface area contributed by atoms with Crippen LogP contribution in [0.5, 0.6) is 11.5 Å². The molecule has 7 heteroatoms. The van der Waals surface area contributed by atoms with Gasteiger partial charge in [0.25, 0.3) is 0 Å². The van der Waals surface area contributed by atoms with Crippen molar-refractivity contribution in [2.24, 2.45) is 0 Å². The van der Waals surface area contributed by atoms with Gasteiger partial charge in [0, 0.05) is 31.7 Å². The molecule has 0 radical (unpaired) electrons. The van der Waals surface area contributed by atoms with Gasteiger partial charge in [-0.15, -0.1) is 0 Å². The van der Waals surface area contributed by atoms with Crippen LogP contribution in [-0.4, -0.2) is 43.3 Å². The fourth-order valence-corrected chi connectivity index (χ4v) is 2.52. The van der Waals surface area contributed by atoms with E-state index in [0.29, 0.717) is 5.75 Å². The summed E-state index contributed by atoms with van der Waals surface area (Å²) in [6, 6.07) is 3.53. The van der Waals surface area contributed by atoms with Crippen molar-refractivity contribution in [2.45, 2.75) is 6.04 Å². The van der Waals surface area contributed by atoms with Crippen LogP contribution in [0.1, 0.15) is 11.6 Å². The highest BCUT2D eigenvalue weighted by atomic mass is 16.7. The number of likely N-dealkylation sites (N-methyl/N-ethyl adjacent to an activating group) is 1. The highest BCUT2D eigenvalue weighted by molar-refractivity contribution is 5.59. The molecule has 1 atom stereocenters. The highest BCUT2D eigenvalue weighted by Gasteiger charge is 2.30. The Morgan fingerprint density at radius 2 is 2.32 bits per heavy atom. The number of benzene rings is 1. The Morgan fingerprint density at radius 3 is 3.05 bits per heavy atom. The fourth-order valence-electron chi connectivity index (χ4n) is 2.52. The van der Waals surface area contributed by atoms with Crippen LogP contribution in [0.25, 0.3) is 0 Å². The maximum atomic E-state index is 11.1. The second kappa shape index (κ2) is 4.67. The normalized spacial score (nSPS) is 22.5. The van der Waals surface area contributed by atoms with E-state index in [1.54, 1.807) is 6.07 Å². The van der Waals surface area contributed by atoms with E-state index in [1.807, 2.05) is 13.1 Å². The van der Waals surface area contributed by atoms with E-state index in [0.717, 1.165) is 25.2 Å². The summed E-state index contributed by atoms with van der Waals surface area (Å²) >= 11 is 0. The Hall–Kier alpha value is -1.86. The predicted octanol–water partition coefficient (Wildman–Crippen LogP) is 0.900. The molecule has 1 saturated heterocycles. The minimum absolute atomic E-state index is 0.0241. The van der Waals surface area contributed by atoms with Crippen LogP contribution < -0.4 is 14.8 Å². The van der Waals surface area contributed by atoms with Crippen molar-refractivity contribution in [3.63, 3.8) is 0 Å². The molecule has 1 N–H and O–H groups in total. The number of ether oxygens (including phenoxy) is 2. The first-order valence-electron chi connectivity index (χ1n) is 6.15. The van der Waals surface area contributed by atoms with Crippen molar-refractivity contribution < 1.29 is 14.4 Å². The Balaban J connectivity index is 2.02. The SMILES string of the molecule is CN1CCNCC1c1cc2c(c([N+](=O)[O-])c1)OCO2. The zero-order valence-electron chi connectivity index (χ0n) is 10.6. The van der Waals surface area contributed by atoms with Crippen LogP contribution >= 0.6 is 0 Å². The van der Waals surface area contributed by atoms with Gasteiger partial charge in [-0.3, -0.25) is 15.0 Å². The molecule has 2 aliphatic rings. The number of rotatable bonds is 2. The van der Waals surface area contributed by atoms with E-state index in [4.69, 9.17) is 9.47 Å². The molecule has 2 heterocycles. The van der Waals surface area contributed by atoms with Gasteiger partial charge in [0.05, 0.1) is 4.92 Å². The Bertz CT molecular complexity index is 520. The van der Waals surface area contributed by atoms with Gasteiger partial charge in [-0.05, 0) is 18.7 Å². The molecule has 1 unspecified atom stereocenters. The van der Waals surface area contributed by atoms with Crippen LogP contribution in [0.15, 0.2) is 12.1 Å². The van der Waals surface area contributed by atoms with Crippen molar-refractivity contribution in [1.82, 2.24) is 10.2 Å². The molecule has 102 valence electrons. The van der Waals surface area contributed by atoms with Crippen molar-refractivity contribution >= 4 is 5.69 Å². The molecule has 2 aliphatic heterocycles. The quantitative estimate of drug-likeness (QED) is 0.632. The van der Waals surface area contributed by atoms with Crippen molar-refractivity contribution in [2.75, 3.05) is 33.5 Å². The molecule has 0 aromatic heterocycles. The lowest BCUT2D eigenvalue weighted by Gasteiger charge is -2.33. The third-order valence-electron chi connectivity index (χ3n) is 3.57. The predicted molar refractivity (Wildman–Crippen MR) is 67.5 cm³/mol. The van der Waals surface area contributed by atoms with Gasteiger partial charge in [0.15, 0.2) is 5.75 Å². The lowest BCUT2D eigenvalue weighted by molar-refractivity contribution is -0.385. The van der Waals surface area contributed by atoms with Gasteiger partial charge >= 0.3 is 5.69 Å². The molecule has 1 aromatic carbocycles. The Morgan fingerprint density at radius 1 is 1.47 bits per heavy atom. The Kier molecular flexibility index (Phi) is 3.00. The van der Waals surface area contributed by atoms with Crippen LogP contribution in [0, 0.1) is 10.1 Å². The average Bonchev–Trinajstić information content (AvgIpc) is 2.86. The molecule has 0 spiro atoms. The Labute approximate surface area is 110 Å². The van der Waals surface area contributed by atoms with Crippen molar-refractivity contribution in [3.8, 4) is 11.5 Å². The lowest BCUT2D eigenvalue weighted by Crippen LogP contribution is -2.43. The molecule has 0 saturated carbocycles. The molecule has 3 rings (SSSR count). The lowest BCUT2D eigenvalue weighted by atomic mass is 10.0. The molecule has 7 nitrogen and oxygen atoms in total. The number of nitrogens with zero attached hydrogens (tertiary/aromatic N) is 2. The molecular weight excluding hydrogens is 250 g/mol. The maximum Gasteiger partial charge on any atom is 0.315 e. The van der Waals surface area contributed by atoms with Crippen LogP contribution in [-0.2, 0) is 0 Å². The molecular formula is C12H15N3O4. The van der Waals surface area contributed by atoms with Gasteiger partial charge in [-0.2, -0.15) is 0 Å². The van der Waals surface area contributed by atoms with E-state index in [2.05, 4.69) is 10.2 Å². The van der Waals surface area contributed by atoms with Crippen LogP contribution in [0.2, 0.25) is 0 Å². The third-order valence-corrected chi connectivity index (χ3v) is 3.57. The largest absolute Gasteiger partial charge is 0.453 e. The summed E-state index contributed by atoms with van der Waals surface area (Å²) in [6.45, 7) is 2.65. The molecule has 1 aromatic rings. The average molecular weight is 265 g/mol. The number of hydrogen-bond acceptors (Lipinski definition) is 6. The zero-order valence-corrected chi connectivity index (χ0v) is 10.6. The maximum absolute atomic E-state index is 11.1. The monoisotopic (exact) mass is 265 g/mol. The van der Waals surface area contributed by atoms with Gasteiger partial charge in [0.1, 0.15) is 0 Å². The number of nitrogens with one attached hydrogen (secondary N) is 1. The number of nitro groups is 1. The van der Waals surface area contributed by atoms with Gasteiger partial charge < -0.3 is 14.8 Å². The topological polar surface area (TPSA) is 76.9 Å². The van der Waals surface area contributed by atoms with E-state index in [1.165, 1.54) is 0 Å². The van der Waals surface area contributed by atoms with E-state index < -0.39 is 4.92 Å². The van der Waals surface area contributed by atoms with Gasteiger partial charge in [0.2, 0.25) is 12.5 Å². The summed E-state index contributed by atoms with van der Waals surface area (Å²) in [5, 5.41) is 14.4. The summed E-state index contributed by atoms with van der Waals surface area (Å²) in [5.74, 6) is 0.698. The summed E-state index contributed by atoms with van der Waals surface area (Å²) in [7, 11) is 2.02. The summed E-state index contributed by atoms with van der Waals surface area (Å²) < 4.78 is 10.5. The molecule has 0 aliphatic carbocycles. The van der Waals surface area contributed by atoms with Crippen molar-refractivity contribution in [1.29, 1.82) is 0 Å². The van der Waals surface area contributed by atoms with Gasteiger partial charge in [-0.25, -0.2) is 0 Å². The second-order valence-corrected chi connectivity index (χ2v) is 4.73. The number of hydrogen-bond donors (Lipinski definition) is 1. The zero-order chi connectivity index (χ0) is 13.4. The van der Waals surface area contributed by atoms with E-state index in [-0.39, 0.29) is 24.3 Å². The van der Waals surface area contributed by atoms with E-state index >= 15 is 0 Å². The molecule has 19 heavy (non-hydrogen) atoms. The summed E-state index contributed by atoms with van der Waals surface area (Å²) in [6.07, 6.45) is 0. The first kappa shape index (κ1) is 12.2. The van der Waals surface area contributed by atoms with Gasteiger partial charge in [-0.1, -0.05) is 0 Å². The molecule has 1 fully saturated rings. The minimum atomic E-state index is -0.423. The molecule has 0 bridgehead atoms. The van der Waals surface area contributed by atoms with Crippen LogP contribution in [0.4, 0.5) is 5.69 Å². The van der Waals surface area contributed by atoms with Crippen molar-refractivity contribution in [3.05, 3.63) is 27.8 Å². The standard InChI is InChI=1S/C12H15N3O4/c1-14-3-2-13-6-10(14)8-4-9(15(16)17)12-11(5-8)18-7-19-12/h4-5,10,13H,2-3,6-7H2,1H3. The smallest absolute Gasteiger partial charge is 0.315 e. The minimum Gasteiger partial charge on any atom is -0.453 e. The second-order valence-electron chi connectivity index (χ2n) is 4.73. The summed E-state index contributed by atoms with van der Waals surface area (Å²) in [4.78, 5) is 12.9. The number of piperazine rings is 1. The highest BCUT2D eigenvalue weighted by Crippen LogP contribution is 2.43. The number of nitro benzene ring substituents is 1. The third kappa shape index (κ3) is 2.11. The first-order chi connectivity index (χ1) is 9.16. The first-order valence-corrected chi connectivity index (χ1v) is 6.15. The number of fused-ring (bicyclic) bond motifs is 1. The fraction of sp³-hybridized carbons (Fsp3) is 0.500. The van der Waals surface area contributed by atoms with E-state index in [9.17, 15) is 10.1 Å². The molecule has 0 amide bonds. The summed E-state index contributed by atoms with van der Waals surface area (Å²) in [5.41, 5.74) is 0.856. The van der Waals surface area contributed by atoms with Crippen LogP contribution in [0.3, 0.4) is 0 Å².